The van der Waals surface area contributed by atoms with Crippen LogP contribution in [0.15, 0.2) is 29.1 Å². The van der Waals surface area contributed by atoms with E-state index in [9.17, 15) is 19.5 Å². The molecular formula is C27H40N6O5. The van der Waals surface area contributed by atoms with E-state index in [0.717, 1.165) is 49.0 Å². The lowest BCUT2D eigenvalue weighted by atomic mass is 9.97. The molecule has 2 N–H and O–H groups in total. The fourth-order valence-electron chi connectivity index (χ4n) is 6.54. The molecule has 3 aliphatic rings. The number of fused-ring (bicyclic) bond motifs is 3. The third-order valence-corrected chi connectivity index (χ3v) is 8.34. The normalized spacial score (nSPS) is 25.2. The fraction of sp³-hybridized carbons (Fsp3) is 0.667. The average molecular weight is 529 g/mol. The lowest BCUT2D eigenvalue weighted by Crippen LogP contribution is -2.55. The van der Waals surface area contributed by atoms with Gasteiger partial charge < -0.3 is 20.2 Å². The van der Waals surface area contributed by atoms with Crippen molar-refractivity contribution in [2.24, 2.45) is 0 Å². The molecule has 0 saturated carbocycles. The van der Waals surface area contributed by atoms with Gasteiger partial charge in [0.1, 0.15) is 5.52 Å². The predicted molar refractivity (Wildman–Crippen MR) is 143 cm³/mol. The van der Waals surface area contributed by atoms with Crippen molar-refractivity contribution in [2.75, 3.05) is 39.3 Å². The number of hydrogen-bond donors (Lipinski definition) is 2. The highest BCUT2D eigenvalue weighted by molar-refractivity contribution is 5.77. The molecule has 38 heavy (non-hydrogen) atoms. The van der Waals surface area contributed by atoms with Crippen molar-refractivity contribution in [3.05, 3.63) is 34.7 Å². The number of hydrogen-bond acceptors (Lipinski definition) is 7. The first-order chi connectivity index (χ1) is 18.2. The predicted octanol–water partition coefficient (Wildman–Crippen LogP) is 1.04. The second-order valence-corrected chi connectivity index (χ2v) is 11.3. The van der Waals surface area contributed by atoms with E-state index in [1.165, 1.54) is 0 Å². The molecular weight excluding hydrogens is 488 g/mol. The van der Waals surface area contributed by atoms with E-state index in [4.69, 9.17) is 4.84 Å². The van der Waals surface area contributed by atoms with Crippen molar-refractivity contribution in [3.63, 3.8) is 0 Å². The SMILES string of the molecule is CC(=O)N1CCN(C[C@H](O)CN2[C@@H]3CC[C@H]2C[C@H](NC(=O)On2c(=O)n(C(C)C)c4ccccc42)C3)CC1. The van der Waals surface area contributed by atoms with Crippen molar-refractivity contribution >= 4 is 23.0 Å². The van der Waals surface area contributed by atoms with Crippen LogP contribution in [0.25, 0.3) is 11.0 Å². The Labute approximate surface area is 222 Å². The van der Waals surface area contributed by atoms with Crippen molar-refractivity contribution in [1.82, 2.24) is 29.3 Å². The van der Waals surface area contributed by atoms with Gasteiger partial charge in [0.05, 0.1) is 11.6 Å². The molecule has 0 aliphatic carbocycles. The minimum atomic E-state index is -0.624. The fourth-order valence-corrected chi connectivity index (χ4v) is 6.54. The van der Waals surface area contributed by atoms with Crippen LogP contribution in [0.4, 0.5) is 4.79 Å². The molecule has 2 bridgehead atoms. The zero-order chi connectivity index (χ0) is 27.0. The Bertz CT molecular complexity index is 1200. The highest BCUT2D eigenvalue weighted by atomic mass is 16.7. The topological polar surface area (TPSA) is 112 Å². The first kappa shape index (κ1) is 26.7. The molecule has 0 radical (unpaired) electrons. The van der Waals surface area contributed by atoms with Crippen molar-refractivity contribution < 1.29 is 19.5 Å². The second kappa shape index (κ2) is 11.1. The second-order valence-electron chi connectivity index (χ2n) is 11.3. The Kier molecular flexibility index (Phi) is 7.78. The highest BCUT2D eigenvalue weighted by Crippen LogP contribution is 2.35. The van der Waals surface area contributed by atoms with E-state index in [1.807, 2.05) is 36.9 Å². The van der Waals surface area contributed by atoms with Gasteiger partial charge in [-0.15, -0.1) is 4.73 Å². The molecule has 2 amide bonds. The van der Waals surface area contributed by atoms with E-state index in [0.29, 0.717) is 43.8 Å². The van der Waals surface area contributed by atoms with Gasteiger partial charge in [-0.2, -0.15) is 0 Å². The van der Waals surface area contributed by atoms with Crippen LogP contribution in [-0.2, 0) is 4.79 Å². The molecule has 208 valence electrons. The summed E-state index contributed by atoms with van der Waals surface area (Å²) in [5, 5.41) is 13.8. The monoisotopic (exact) mass is 528 g/mol. The first-order valence-electron chi connectivity index (χ1n) is 13.8. The van der Waals surface area contributed by atoms with Gasteiger partial charge in [-0.1, -0.05) is 12.1 Å². The summed E-state index contributed by atoms with van der Waals surface area (Å²) in [6.45, 7) is 9.67. The van der Waals surface area contributed by atoms with Crippen LogP contribution in [0.2, 0.25) is 0 Å². The quantitative estimate of drug-likeness (QED) is 0.552. The van der Waals surface area contributed by atoms with Gasteiger partial charge in [0.25, 0.3) is 0 Å². The molecule has 5 rings (SSSR count). The van der Waals surface area contributed by atoms with Gasteiger partial charge in [0, 0.05) is 70.4 Å². The van der Waals surface area contributed by atoms with E-state index >= 15 is 0 Å². The Morgan fingerprint density at radius 1 is 1.03 bits per heavy atom. The maximum atomic E-state index is 13.0. The Balaban J connectivity index is 1.14. The van der Waals surface area contributed by atoms with Crippen LogP contribution >= 0.6 is 0 Å². The van der Waals surface area contributed by atoms with Crippen LogP contribution in [0, 0.1) is 0 Å². The van der Waals surface area contributed by atoms with Crippen LogP contribution < -0.4 is 15.8 Å². The number of nitrogens with one attached hydrogen (secondary N) is 1. The van der Waals surface area contributed by atoms with E-state index in [1.54, 1.807) is 17.6 Å². The number of rotatable bonds is 7. The summed E-state index contributed by atoms with van der Waals surface area (Å²) in [6, 6.07) is 7.79. The van der Waals surface area contributed by atoms with Gasteiger partial charge in [-0.05, 0) is 51.7 Å². The van der Waals surface area contributed by atoms with Gasteiger partial charge in [0.15, 0.2) is 0 Å². The summed E-state index contributed by atoms with van der Waals surface area (Å²) in [5.74, 6) is 0.108. The molecule has 11 nitrogen and oxygen atoms in total. The summed E-state index contributed by atoms with van der Waals surface area (Å²) in [4.78, 5) is 49.4. The lowest BCUT2D eigenvalue weighted by molar-refractivity contribution is -0.130. The van der Waals surface area contributed by atoms with E-state index in [-0.39, 0.29) is 23.7 Å². The zero-order valence-electron chi connectivity index (χ0n) is 22.6. The number of carbonyl (C=O) groups excluding carboxylic acids is 2. The maximum Gasteiger partial charge on any atom is 0.432 e. The summed E-state index contributed by atoms with van der Waals surface area (Å²) < 4.78 is 2.71. The number of nitrogens with zero attached hydrogens (tertiary/aromatic N) is 5. The number of aliphatic hydroxyl groups is 1. The zero-order valence-corrected chi connectivity index (χ0v) is 22.6. The Morgan fingerprint density at radius 3 is 2.26 bits per heavy atom. The Hall–Kier alpha value is -2.89. The van der Waals surface area contributed by atoms with E-state index in [2.05, 4.69) is 15.1 Å². The summed E-state index contributed by atoms with van der Waals surface area (Å²) in [7, 11) is 0. The number of imidazole rings is 1. The van der Waals surface area contributed by atoms with Crippen molar-refractivity contribution in [1.29, 1.82) is 0 Å². The van der Waals surface area contributed by atoms with Crippen molar-refractivity contribution in [2.45, 2.75) is 76.7 Å². The number of amides is 2. The molecule has 0 unspecified atom stereocenters. The van der Waals surface area contributed by atoms with Gasteiger partial charge in [-0.25, -0.2) is 9.59 Å². The number of aromatic nitrogens is 2. The van der Waals surface area contributed by atoms with Crippen LogP contribution in [0.5, 0.6) is 0 Å². The first-order valence-corrected chi connectivity index (χ1v) is 13.8. The molecule has 2 aromatic rings. The molecule has 11 heteroatoms. The summed E-state index contributed by atoms with van der Waals surface area (Å²) in [5.41, 5.74) is 0.918. The molecule has 0 spiro atoms. The number of para-hydroxylation sites is 2. The molecule has 1 aromatic heterocycles. The number of piperidine rings is 1. The number of β-amino-alcohol motifs (C(OH)–C–C–N with tert-alkyl or cyclic N) is 1. The standard InChI is InChI=1S/C27H40N6O5/c1-18(2)32-24-6-4-5-7-25(24)33(27(32)37)38-26(36)28-20-14-21-8-9-22(15-20)31(21)17-23(35)16-29-10-12-30(13-11-29)19(3)34/h4-7,18,20-23,35H,8-17H2,1-3H3,(H,28,36)/t20-,21-,22+,23-/m0/s1. The molecule has 1 aromatic carbocycles. The van der Waals surface area contributed by atoms with Crippen molar-refractivity contribution in [3.8, 4) is 0 Å². The smallest absolute Gasteiger partial charge is 0.390 e. The lowest BCUT2D eigenvalue weighted by Gasteiger charge is -2.41. The Morgan fingerprint density at radius 2 is 1.66 bits per heavy atom. The number of benzene rings is 1. The molecule has 3 saturated heterocycles. The van der Waals surface area contributed by atoms with Crippen LogP contribution in [0.1, 0.15) is 52.5 Å². The number of carbonyl (C=O) groups is 2. The molecule has 3 aliphatic heterocycles. The maximum absolute atomic E-state index is 13.0. The average Bonchev–Trinajstić information content (AvgIpc) is 3.27. The van der Waals surface area contributed by atoms with Crippen LogP contribution in [0.3, 0.4) is 0 Å². The molecule has 3 fully saturated rings. The third kappa shape index (κ3) is 5.45. The van der Waals surface area contributed by atoms with Gasteiger partial charge in [-0.3, -0.25) is 19.2 Å². The largest absolute Gasteiger partial charge is 0.432 e. The van der Waals surface area contributed by atoms with Gasteiger partial charge in [0.2, 0.25) is 5.91 Å². The minimum absolute atomic E-state index is 0.0396. The van der Waals surface area contributed by atoms with Crippen LogP contribution in [-0.4, -0.2) is 105 Å². The molecule has 4 heterocycles. The summed E-state index contributed by atoms with van der Waals surface area (Å²) in [6.07, 6.45) is 2.59. The highest BCUT2D eigenvalue weighted by Gasteiger charge is 2.42. The van der Waals surface area contributed by atoms with Gasteiger partial charge >= 0.3 is 11.8 Å². The molecule has 4 atom stereocenters. The number of aliphatic hydroxyl groups excluding tert-OH is 1. The number of piperazine rings is 1. The minimum Gasteiger partial charge on any atom is -0.390 e. The van der Waals surface area contributed by atoms with E-state index < -0.39 is 12.2 Å². The summed E-state index contributed by atoms with van der Waals surface area (Å²) >= 11 is 0. The third-order valence-electron chi connectivity index (χ3n) is 8.34.